The third kappa shape index (κ3) is 3.47. The Labute approximate surface area is 173 Å². The second-order valence-electron chi connectivity index (χ2n) is 7.09. The smallest absolute Gasteiger partial charge is 0.302 e. The normalized spacial score (nSPS) is 16.7. The van der Waals surface area contributed by atoms with Crippen molar-refractivity contribution in [1.29, 1.82) is 0 Å². The number of benzene rings is 1. The molecule has 5 rings (SSSR count). The van der Waals surface area contributed by atoms with Gasteiger partial charge in [-0.3, -0.25) is 14.2 Å². The number of nitrogens with zero attached hydrogens (tertiary/aromatic N) is 5. The predicted octanol–water partition coefficient (Wildman–Crippen LogP) is 3.09. The van der Waals surface area contributed by atoms with Crippen LogP contribution in [0.1, 0.15) is 54.6 Å². The number of hydrogen-bond acceptors (Lipinski definition) is 7. The van der Waals surface area contributed by atoms with Gasteiger partial charge in [0.1, 0.15) is 6.33 Å². The van der Waals surface area contributed by atoms with Gasteiger partial charge in [-0.05, 0) is 38.8 Å². The molecule has 2 aromatic heterocycles. The minimum atomic E-state index is -0.211. The van der Waals surface area contributed by atoms with Crippen molar-refractivity contribution in [3.05, 3.63) is 47.7 Å². The molecule has 30 heavy (non-hydrogen) atoms. The second kappa shape index (κ2) is 8.10. The van der Waals surface area contributed by atoms with Crippen molar-refractivity contribution in [3.8, 4) is 17.3 Å². The van der Waals surface area contributed by atoms with E-state index in [1.807, 2.05) is 33.7 Å². The number of amides is 1. The van der Waals surface area contributed by atoms with Gasteiger partial charge in [-0.15, -0.1) is 0 Å². The van der Waals surface area contributed by atoms with Crippen LogP contribution in [0.2, 0.25) is 0 Å². The summed E-state index contributed by atoms with van der Waals surface area (Å²) in [6.07, 6.45) is 3.63. The zero-order valence-electron chi connectivity index (χ0n) is 17.2. The summed E-state index contributed by atoms with van der Waals surface area (Å²) >= 11 is 0. The molecule has 9 nitrogen and oxygen atoms in total. The van der Waals surface area contributed by atoms with E-state index in [1.165, 1.54) is 6.92 Å². The highest BCUT2D eigenvalue weighted by Crippen LogP contribution is 2.41. The Morgan fingerprint density at radius 2 is 2.13 bits per heavy atom. The SMILES string of the molecule is CCOC(C)=O.Cc1noc(-c2ncn3c2[C@@H]2CCCN2C(=O)c2ccccc2-3)n1. The average Bonchev–Trinajstić information content (AvgIpc) is 3.45. The summed E-state index contributed by atoms with van der Waals surface area (Å²) in [5.74, 6) is 0.835. The van der Waals surface area contributed by atoms with Gasteiger partial charge >= 0.3 is 5.97 Å². The number of carbonyl (C=O) groups is 2. The summed E-state index contributed by atoms with van der Waals surface area (Å²) in [6.45, 7) is 6.19. The van der Waals surface area contributed by atoms with Crippen LogP contribution < -0.4 is 0 Å². The number of esters is 1. The predicted molar refractivity (Wildman–Crippen MR) is 107 cm³/mol. The van der Waals surface area contributed by atoms with Crippen molar-refractivity contribution in [1.82, 2.24) is 24.6 Å². The molecule has 9 heteroatoms. The lowest BCUT2D eigenvalue weighted by atomic mass is 10.1. The molecular weight excluding hydrogens is 386 g/mol. The third-order valence-corrected chi connectivity index (χ3v) is 5.11. The zero-order chi connectivity index (χ0) is 21.3. The maximum absolute atomic E-state index is 13.0. The largest absolute Gasteiger partial charge is 0.466 e. The standard InChI is InChI=1S/C17H15N5O2.C4H8O2/c1-10-19-16(24-20-10)14-15-13-7-4-8-21(13)17(23)11-5-2-3-6-12(11)22(15)9-18-14;1-3-6-4(2)5/h2-3,5-6,9,13H,4,7-8H2,1H3;3H2,1-2H3/t13-;/m0./s1. The minimum Gasteiger partial charge on any atom is -0.466 e. The van der Waals surface area contributed by atoms with E-state index in [9.17, 15) is 9.59 Å². The summed E-state index contributed by atoms with van der Waals surface area (Å²) in [6, 6.07) is 7.63. The quantitative estimate of drug-likeness (QED) is 0.599. The highest BCUT2D eigenvalue weighted by molar-refractivity contribution is 5.99. The lowest BCUT2D eigenvalue weighted by Gasteiger charge is -2.22. The molecule has 1 atom stereocenters. The summed E-state index contributed by atoms with van der Waals surface area (Å²) in [5.41, 5.74) is 3.17. The topological polar surface area (TPSA) is 103 Å². The molecule has 0 spiro atoms. The van der Waals surface area contributed by atoms with E-state index in [-0.39, 0.29) is 17.9 Å². The molecule has 1 aromatic carbocycles. The number of rotatable bonds is 2. The van der Waals surface area contributed by atoms with Gasteiger partial charge in [0.15, 0.2) is 11.5 Å². The first-order chi connectivity index (χ1) is 14.5. The van der Waals surface area contributed by atoms with Crippen molar-refractivity contribution in [2.45, 2.75) is 39.7 Å². The number of fused-ring (bicyclic) bond motifs is 5. The molecule has 2 aliphatic heterocycles. The van der Waals surface area contributed by atoms with E-state index >= 15 is 0 Å². The monoisotopic (exact) mass is 409 g/mol. The minimum absolute atomic E-state index is 0.0189. The van der Waals surface area contributed by atoms with Crippen LogP contribution in [-0.2, 0) is 9.53 Å². The second-order valence-corrected chi connectivity index (χ2v) is 7.09. The van der Waals surface area contributed by atoms with Gasteiger partial charge in [-0.25, -0.2) is 4.98 Å². The van der Waals surface area contributed by atoms with Crippen LogP contribution in [0.3, 0.4) is 0 Å². The fourth-order valence-corrected chi connectivity index (χ4v) is 3.94. The highest BCUT2D eigenvalue weighted by Gasteiger charge is 2.39. The Bertz CT molecular complexity index is 1090. The van der Waals surface area contributed by atoms with E-state index in [2.05, 4.69) is 19.9 Å². The number of para-hydroxylation sites is 1. The molecule has 1 amide bonds. The molecule has 2 aliphatic rings. The van der Waals surface area contributed by atoms with Crippen LogP contribution in [0.25, 0.3) is 17.3 Å². The molecule has 3 aromatic rings. The maximum atomic E-state index is 13.0. The van der Waals surface area contributed by atoms with Gasteiger partial charge in [0.2, 0.25) is 0 Å². The van der Waals surface area contributed by atoms with E-state index in [1.54, 1.807) is 20.2 Å². The fraction of sp³-hybridized carbons (Fsp3) is 0.381. The number of ether oxygens (including phenoxy) is 1. The Balaban J connectivity index is 0.000000322. The average molecular weight is 409 g/mol. The van der Waals surface area contributed by atoms with E-state index in [0.717, 1.165) is 30.8 Å². The molecule has 1 saturated heterocycles. The van der Waals surface area contributed by atoms with Crippen LogP contribution in [0.5, 0.6) is 0 Å². The van der Waals surface area contributed by atoms with Crippen LogP contribution in [-0.4, -0.2) is 49.6 Å². The van der Waals surface area contributed by atoms with E-state index in [0.29, 0.717) is 29.6 Å². The summed E-state index contributed by atoms with van der Waals surface area (Å²) < 4.78 is 11.7. The number of imidazole rings is 1. The molecule has 0 N–H and O–H groups in total. The van der Waals surface area contributed by atoms with Crippen molar-refractivity contribution < 1.29 is 18.8 Å². The molecule has 0 unspecified atom stereocenters. The Morgan fingerprint density at radius 3 is 2.80 bits per heavy atom. The first kappa shape index (κ1) is 19.8. The summed E-state index contributed by atoms with van der Waals surface area (Å²) in [7, 11) is 0. The molecule has 0 saturated carbocycles. The molecule has 1 fully saturated rings. The van der Waals surface area contributed by atoms with Gasteiger partial charge in [0, 0.05) is 13.5 Å². The number of hydrogen-bond donors (Lipinski definition) is 0. The molecule has 0 radical (unpaired) electrons. The lowest BCUT2D eigenvalue weighted by molar-refractivity contribution is -0.140. The van der Waals surface area contributed by atoms with Crippen molar-refractivity contribution in [2.75, 3.05) is 13.2 Å². The van der Waals surface area contributed by atoms with Crippen molar-refractivity contribution in [3.63, 3.8) is 0 Å². The first-order valence-corrected chi connectivity index (χ1v) is 9.93. The molecule has 0 bridgehead atoms. The lowest BCUT2D eigenvalue weighted by Crippen LogP contribution is -2.29. The maximum Gasteiger partial charge on any atom is 0.302 e. The number of aryl methyl sites for hydroxylation is 1. The van der Waals surface area contributed by atoms with Crippen LogP contribution >= 0.6 is 0 Å². The van der Waals surface area contributed by atoms with Crippen molar-refractivity contribution in [2.24, 2.45) is 0 Å². The molecular formula is C21H23N5O4. The Kier molecular flexibility index (Phi) is 5.35. The summed E-state index contributed by atoms with van der Waals surface area (Å²) in [5, 5.41) is 3.87. The Hall–Kier alpha value is -3.49. The van der Waals surface area contributed by atoms with Crippen LogP contribution in [0, 0.1) is 6.92 Å². The van der Waals surface area contributed by atoms with Crippen LogP contribution in [0.15, 0.2) is 35.1 Å². The van der Waals surface area contributed by atoms with Gasteiger partial charge in [-0.2, -0.15) is 4.98 Å². The van der Waals surface area contributed by atoms with E-state index in [4.69, 9.17) is 4.52 Å². The Morgan fingerprint density at radius 1 is 1.33 bits per heavy atom. The number of aromatic nitrogens is 4. The summed E-state index contributed by atoms with van der Waals surface area (Å²) in [4.78, 5) is 33.6. The zero-order valence-corrected chi connectivity index (χ0v) is 17.2. The molecule has 4 heterocycles. The van der Waals surface area contributed by atoms with Gasteiger partial charge in [0.05, 0.1) is 29.6 Å². The molecule has 0 aliphatic carbocycles. The third-order valence-electron chi connectivity index (χ3n) is 5.11. The van der Waals surface area contributed by atoms with Gasteiger partial charge in [0.25, 0.3) is 11.8 Å². The highest BCUT2D eigenvalue weighted by atomic mass is 16.5. The fourth-order valence-electron chi connectivity index (χ4n) is 3.94. The van der Waals surface area contributed by atoms with Crippen LogP contribution in [0.4, 0.5) is 0 Å². The van der Waals surface area contributed by atoms with Gasteiger partial charge < -0.3 is 14.2 Å². The van der Waals surface area contributed by atoms with E-state index < -0.39 is 0 Å². The number of carbonyl (C=O) groups excluding carboxylic acids is 2. The van der Waals surface area contributed by atoms with Crippen molar-refractivity contribution >= 4 is 11.9 Å². The first-order valence-electron chi connectivity index (χ1n) is 9.93. The molecule has 156 valence electrons. The van der Waals surface area contributed by atoms with Gasteiger partial charge in [-0.1, -0.05) is 17.3 Å².